The Morgan fingerprint density at radius 3 is 3.07 bits per heavy atom. The number of aromatic nitrogens is 3. The first-order valence-electron chi connectivity index (χ1n) is 4.10. The molecule has 2 aromatic heterocycles. The Morgan fingerprint density at radius 2 is 2.36 bits per heavy atom. The lowest BCUT2D eigenvalue weighted by Gasteiger charge is -2.05. The molecule has 0 aromatic carbocycles. The molecule has 0 saturated carbocycles. The Kier molecular flexibility index (Phi) is 2.37. The number of hydrogen-bond acceptors (Lipinski definition) is 4. The highest BCUT2D eigenvalue weighted by atomic mass is 35.5. The van der Waals surface area contributed by atoms with Crippen molar-refractivity contribution in [3.8, 4) is 0 Å². The minimum absolute atomic E-state index is 0.127. The van der Waals surface area contributed by atoms with Crippen LogP contribution in [0.1, 0.15) is 11.8 Å². The van der Waals surface area contributed by atoms with Crippen molar-refractivity contribution in [2.45, 2.75) is 6.10 Å². The van der Waals surface area contributed by atoms with Crippen LogP contribution < -0.4 is 5.73 Å². The molecule has 0 aliphatic carbocycles. The number of nitrogens with zero attached hydrogens (tertiary/aromatic N) is 3. The molecule has 0 saturated heterocycles. The van der Waals surface area contributed by atoms with E-state index in [1.807, 2.05) is 0 Å². The van der Waals surface area contributed by atoms with E-state index in [-0.39, 0.29) is 6.54 Å². The van der Waals surface area contributed by atoms with Crippen molar-refractivity contribution < 1.29 is 5.11 Å². The van der Waals surface area contributed by atoms with Gasteiger partial charge in [0.15, 0.2) is 5.65 Å². The van der Waals surface area contributed by atoms with Gasteiger partial charge < -0.3 is 10.8 Å². The van der Waals surface area contributed by atoms with Gasteiger partial charge in [0.05, 0.1) is 11.9 Å². The molecule has 0 radical (unpaired) electrons. The zero-order valence-electron chi connectivity index (χ0n) is 7.26. The number of aliphatic hydroxyl groups is 1. The molecule has 0 bridgehead atoms. The normalized spacial score (nSPS) is 13.4. The van der Waals surface area contributed by atoms with Gasteiger partial charge in [0.1, 0.15) is 11.3 Å². The van der Waals surface area contributed by atoms with Crippen LogP contribution in [0.2, 0.25) is 5.15 Å². The Hall–Kier alpha value is -1.17. The number of rotatable bonds is 2. The second-order valence-corrected chi connectivity index (χ2v) is 3.25. The highest BCUT2D eigenvalue weighted by Crippen LogP contribution is 2.14. The van der Waals surface area contributed by atoms with Gasteiger partial charge in [-0.25, -0.2) is 9.50 Å². The summed E-state index contributed by atoms with van der Waals surface area (Å²) in [5.74, 6) is 0. The van der Waals surface area contributed by atoms with E-state index >= 15 is 0 Å². The molecule has 2 rings (SSSR count). The third-order valence-electron chi connectivity index (χ3n) is 1.92. The molecule has 2 heterocycles. The third kappa shape index (κ3) is 1.45. The van der Waals surface area contributed by atoms with Crippen LogP contribution in [-0.4, -0.2) is 26.2 Å². The Balaban J connectivity index is 2.61. The molecular formula is C8H9ClN4O. The molecule has 74 valence electrons. The van der Waals surface area contributed by atoms with Crippen LogP contribution in [0.3, 0.4) is 0 Å². The topological polar surface area (TPSA) is 76.4 Å². The average Bonchev–Trinajstić information content (AvgIpc) is 2.59. The molecule has 2 aromatic rings. The van der Waals surface area contributed by atoms with Gasteiger partial charge in [-0.2, -0.15) is 5.10 Å². The number of hydrogen-bond donors (Lipinski definition) is 2. The Labute approximate surface area is 85.1 Å². The van der Waals surface area contributed by atoms with E-state index in [2.05, 4.69) is 10.1 Å². The summed E-state index contributed by atoms with van der Waals surface area (Å²) in [6.45, 7) is 0.127. The van der Waals surface area contributed by atoms with Crippen LogP contribution in [-0.2, 0) is 0 Å². The molecule has 5 nitrogen and oxygen atoms in total. The minimum Gasteiger partial charge on any atom is -0.385 e. The summed E-state index contributed by atoms with van der Waals surface area (Å²) >= 11 is 5.72. The summed E-state index contributed by atoms with van der Waals surface area (Å²) in [5, 5.41) is 13.9. The maximum atomic E-state index is 9.54. The third-order valence-corrected chi connectivity index (χ3v) is 2.12. The molecule has 3 N–H and O–H groups in total. The van der Waals surface area contributed by atoms with E-state index in [0.29, 0.717) is 16.5 Å². The van der Waals surface area contributed by atoms with Crippen molar-refractivity contribution in [2.24, 2.45) is 5.73 Å². The van der Waals surface area contributed by atoms with E-state index in [1.54, 1.807) is 12.1 Å². The van der Waals surface area contributed by atoms with Gasteiger partial charge in [0.25, 0.3) is 0 Å². The summed E-state index contributed by atoms with van der Waals surface area (Å²) in [5.41, 5.74) is 6.52. The SMILES string of the molecule is NCC(O)c1cnc2ccc(Cl)nn12. The lowest BCUT2D eigenvalue weighted by Crippen LogP contribution is -2.14. The number of nitrogens with two attached hydrogens (primary N) is 1. The zero-order valence-corrected chi connectivity index (χ0v) is 8.02. The van der Waals surface area contributed by atoms with Crippen LogP contribution in [0.15, 0.2) is 18.3 Å². The fourth-order valence-corrected chi connectivity index (χ4v) is 1.36. The van der Waals surface area contributed by atoms with Crippen LogP contribution in [0.25, 0.3) is 5.65 Å². The van der Waals surface area contributed by atoms with Crippen LogP contribution >= 0.6 is 11.6 Å². The van der Waals surface area contributed by atoms with Gasteiger partial charge in [-0.3, -0.25) is 0 Å². The second-order valence-electron chi connectivity index (χ2n) is 2.86. The van der Waals surface area contributed by atoms with Gasteiger partial charge in [-0.1, -0.05) is 11.6 Å². The molecule has 0 aliphatic rings. The van der Waals surface area contributed by atoms with Crippen molar-refractivity contribution in [3.05, 3.63) is 29.2 Å². The molecule has 0 amide bonds. The van der Waals surface area contributed by atoms with E-state index in [0.717, 1.165) is 0 Å². The first-order valence-corrected chi connectivity index (χ1v) is 4.48. The highest BCUT2D eigenvalue weighted by Gasteiger charge is 2.12. The monoisotopic (exact) mass is 212 g/mol. The van der Waals surface area contributed by atoms with Crippen molar-refractivity contribution in [2.75, 3.05) is 6.54 Å². The van der Waals surface area contributed by atoms with E-state index in [4.69, 9.17) is 17.3 Å². The standard InChI is InChI=1S/C8H9ClN4O/c9-7-1-2-8-11-4-5(6(14)3-10)13(8)12-7/h1-2,4,6,14H,3,10H2. The fraction of sp³-hybridized carbons (Fsp3) is 0.250. The molecule has 1 atom stereocenters. The summed E-state index contributed by atoms with van der Waals surface area (Å²) in [6.07, 6.45) is 0.770. The first kappa shape index (κ1) is 9.39. The molecule has 0 aliphatic heterocycles. The van der Waals surface area contributed by atoms with Crippen molar-refractivity contribution in [3.63, 3.8) is 0 Å². The lowest BCUT2D eigenvalue weighted by molar-refractivity contribution is 0.179. The lowest BCUT2D eigenvalue weighted by atomic mass is 10.3. The van der Waals surface area contributed by atoms with Gasteiger partial charge in [-0.05, 0) is 12.1 Å². The van der Waals surface area contributed by atoms with E-state index < -0.39 is 6.10 Å². The van der Waals surface area contributed by atoms with Crippen molar-refractivity contribution in [1.29, 1.82) is 0 Å². The van der Waals surface area contributed by atoms with Gasteiger partial charge in [0.2, 0.25) is 0 Å². The van der Waals surface area contributed by atoms with E-state index in [1.165, 1.54) is 10.7 Å². The Morgan fingerprint density at radius 1 is 1.57 bits per heavy atom. The van der Waals surface area contributed by atoms with Gasteiger partial charge >= 0.3 is 0 Å². The van der Waals surface area contributed by atoms with Crippen LogP contribution in [0.5, 0.6) is 0 Å². The number of fused-ring (bicyclic) bond motifs is 1. The average molecular weight is 213 g/mol. The molecule has 0 spiro atoms. The summed E-state index contributed by atoms with van der Waals surface area (Å²) in [7, 11) is 0. The quantitative estimate of drug-likeness (QED) is 0.755. The van der Waals surface area contributed by atoms with E-state index in [9.17, 15) is 5.11 Å². The Bertz CT molecular complexity index is 456. The molecule has 1 unspecified atom stereocenters. The van der Waals surface area contributed by atoms with Crippen molar-refractivity contribution in [1.82, 2.24) is 14.6 Å². The highest BCUT2D eigenvalue weighted by molar-refractivity contribution is 6.29. The molecule has 0 fully saturated rings. The largest absolute Gasteiger partial charge is 0.385 e. The molecule has 14 heavy (non-hydrogen) atoms. The maximum Gasteiger partial charge on any atom is 0.153 e. The smallest absolute Gasteiger partial charge is 0.153 e. The minimum atomic E-state index is -0.768. The predicted octanol–water partition coefficient (Wildman–Crippen LogP) is 0.375. The van der Waals surface area contributed by atoms with Crippen LogP contribution in [0.4, 0.5) is 0 Å². The number of halogens is 1. The fourth-order valence-electron chi connectivity index (χ4n) is 1.22. The molecule has 6 heteroatoms. The van der Waals surface area contributed by atoms with Crippen molar-refractivity contribution >= 4 is 17.2 Å². The first-order chi connectivity index (χ1) is 6.72. The van der Waals surface area contributed by atoms with Gasteiger partial charge in [0, 0.05) is 6.54 Å². The van der Waals surface area contributed by atoms with Crippen LogP contribution in [0, 0.1) is 0 Å². The molecular weight excluding hydrogens is 204 g/mol. The number of aliphatic hydroxyl groups excluding tert-OH is 1. The predicted molar refractivity (Wildman–Crippen MR) is 52.0 cm³/mol. The summed E-state index contributed by atoms with van der Waals surface area (Å²) in [4.78, 5) is 4.06. The number of imidazole rings is 1. The maximum absolute atomic E-state index is 9.54. The second kappa shape index (κ2) is 3.53. The summed E-state index contributed by atoms with van der Waals surface area (Å²) < 4.78 is 1.49. The van der Waals surface area contributed by atoms with Gasteiger partial charge in [-0.15, -0.1) is 0 Å². The zero-order chi connectivity index (χ0) is 10.1. The summed E-state index contributed by atoms with van der Waals surface area (Å²) in [6, 6.07) is 3.37.